The van der Waals surface area contributed by atoms with E-state index in [9.17, 15) is 9.59 Å². The quantitative estimate of drug-likeness (QED) is 0.548. The molecule has 0 saturated carbocycles. The first-order valence-electron chi connectivity index (χ1n) is 4.58. The lowest BCUT2D eigenvalue weighted by molar-refractivity contribution is 0.00628. The summed E-state index contributed by atoms with van der Waals surface area (Å²) < 4.78 is 5.11. The standard InChI is InChI=1S/C11H13NO3/c1-11(2,3)15-10(14)9-6-4-5-8(7-13)12-9/h4-7H,1-3H3. The Labute approximate surface area is 88.3 Å². The number of hydrogen-bond acceptors (Lipinski definition) is 4. The minimum absolute atomic E-state index is 0.148. The van der Waals surface area contributed by atoms with Gasteiger partial charge >= 0.3 is 5.97 Å². The molecule has 15 heavy (non-hydrogen) atoms. The van der Waals surface area contributed by atoms with Crippen molar-refractivity contribution in [3.05, 3.63) is 29.6 Å². The number of aldehydes is 1. The molecule has 0 saturated heterocycles. The van der Waals surface area contributed by atoms with Crippen molar-refractivity contribution in [3.8, 4) is 0 Å². The lowest BCUT2D eigenvalue weighted by Gasteiger charge is -2.18. The van der Waals surface area contributed by atoms with E-state index in [0.717, 1.165) is 0 Å². The minimum atomic E-state index is -0.560. The summed E-state index contributed by atoms with van der Waals surface area (Å²) in [5, 5.41) is 0. The molecule has 80 valence electrons. The highest BCUT2D eigenvalue weighted by atomic mass is 16.6. The molecule has 1 heterocycles. The van der Waals surface area contributed by atoms with E-state index in [1.165, 1.54) is 12.1 Å². The molecule has 1 aromatic heterocycles. The first-order valence-corrected chi connectivity index (χ1v) is 4.58. The van der Waals surface area contributed by atoms with E-state index in [-0.39, 0.29) is 11.4 Å². The average Bonchev–Trinajstić information content (AvgIpc) is 2.15. The van der Waals surface area contributed by atoms with Crippen molar-refractivity contribution in [2.45, 2.75) is 26.4 Å². The molecule has 0 amide bonds. The van der Waals surface area contributed by atoms with Gasteiger partial charge in [0.25, 0.3) is 0 Å². The predicted octanol–water partition coefficient (Wildman–Crippen LogP) is 1.85. The van der Waals surface area contributed by atoms with Crippen molar-refractivity contribution in [1.29, 1.82) is 0 Å². The summed E-state index contributed by atoms with van der Waals surface area (Å²) in [4.78, 5) is 25.8. The maximum Gasteiger partial charge on any atom is 0.357 e. The van der Waals surface area contributed by atoms with Gasteiger partial charge in [0.2, 0.25) is 0 Å². The van der Waals surface area contributed by atoms with Crippen LogP contribution in [-0.4, -0.2) is 22.8 Å². The molecule has 0 aliphatic carbocycles. The number of rotatable bonds is 2. The zero-order valence-electron chi connectivity index (χ0n) is 8.98. The van der Waals surface area contributed by atoms with Gasteiger partial charge in [-0.05, 0) is 32.9 Å². The number of aromatic nitrogens is 1. The normalized spacial score (nSPS) is 10.9. The Kier molecular flexibility index (Phi) is 3.19. The van der Waals surface area contributed by atoms with Gasteiger partial charge in [-0.25, -0.2) is 9.78 Å². The maximum atomic E-state index is 11.5. The third-order valence-corrected chi connectivity index (χ3v) is 1.50. The van der Waals surface area contributed by atoms with Crippen LogP contribution in [0.25, 0.3) is 0 Å². The number of carbonyl (C=O) groups is 2. The van der Waals surface area contributed by atoms with Crippen LogP contribution in [0.5, 0.6) is 0 Å². The SMILES string of the molecule is CC(C)(C)OC(=O)c1cccc(C=O)n1. The molecule has 4 heteroatoms. The predicted molar refractivity (Wildman–Crippen MR) is 54.8 cm³/mol. The van der Waals surface area contributed by atoms with E-state index in [0.29, 0.717) is 6.29 Å². The molecule has 1 aromatic rings. The fraction of sp³-hybridized carbons (Fsp3) is 0.364. The van der Waals surface area contributed by atoms with Crippen LogP contribution in [0.1, 0.15) is 41.7 Å². The molecule has 0 aliphatic heterocycles. The van der Waals surface area contributed by atoms with Gasteiger partial charge in [-0.3, -0.25) is 4.79 Å². The Morgan fingerprint density at radius 2 is 2.07 bits per heavy atom. The second-order valence-electron chi connectivity index (χ2n) is 4.07. The van der Waals surface area contributed by atoms with Gasteiger partial charge in [0, 0.05) is 0 Å². The summed E-state index contributed by atoms with van der Waals surface area (Å²) in [5.74, 6) is -0.522. The molecule has 0 aromatic carbocycles. The fourth-order valence-corrected chi connectivity index (χ4v) is 0.961. The molecule has 0 bridgehead atoms. The van der Waals surface area contributed by atoms with Crippen LogP contribution in [0.4, 0.5) is 0 Å². The Bertz CT molecular complexity index is 380. The first kappa shape index (κ1) is 11.4. The smallest absolute Gasteiger partial charge is 0.357 e. The summed E-state index contributed by atoms with van der Waals surface area (Å²) in [6.07, 6.45) is 0.591. The summed E-state index contributed by atoms with van der Waals surface area (Å²) in [7, 11) is 0. The third kappa shape index (κ3) is 3.50. The molecule has 0 fully saturated rings. The maximum absolute atomic E-state index is 11.5. The van der Waals surface area contributed by atoms with E-state index >= 15 is 0 Å². The van der Waals surface area contributed by atoms with Crippen molar-refractivity contribution >= 4 is 12.3 Å². The fourth-order valence-electron chi connectivity index (χ4n) is 0.961. The van der Waals surface area contributed by atoms with Gasteiger partial charge in [0.15, 0.2) is 6.29 Å². The highest BCUT2D eigenvalue weighted by Crippen LogP contribution is 2.10. The van der Waals surface area contributed by atoms with E-state index in [1.807, 2.05) is 0 Å². The molecule has 0 spiro atoms. The highest BCUT2D eigenvalue weighted by Gasteiger charge is 2.18. The number of nitrogens with zero attached hydrogens (tertiary/aromatic N) is 1. The molecule has 1 rings (SSSR count). The Hall–Kier alpha value is -1.71. The van der Waals surface area contributed by atoms with Gasteiger partial charge in [-0.2, -0.15) is 0 Å². The van der Waals surface area contributed by atoms with Gasteiger partial charge in [0.1, 0.15) is 17.0 Å². The van der Waals surface area contributed by atoms with Crippen molar-refractivity contribution in [2.24, 2.45) is 0 Å². The molecule has 4 nitrogen and oxygen atoms in total. The van der Waals surface area contributed by atoms with Crippen LogP contribution in [0.2, 0.25) is 0 Å². The average molecular weight is 207 g/mol. The van der Waals surface area contributed by atoms with Gasteiger partial charge in [-0.1, -0.05) is 6.07 Å². The summed E-state index contributed by atoms with van der Waals surface area (Å²) in [6.45, 7) is 5.32. The molecular formula is C11H13NO3. The number of hydrogen-bond donors (Lipinski definition) is 0. The number of ether oxygens (including phenoxy) is 1. The van der Waals surface area contributed by atoms with Crippen molar-refractivity contribution in [2.75, 3.05) is 0 Å². The van der Waals surface area contributed by atoms with E-state index in [4.69, 9.17) is 4.74 Å². The zero-order valence-corrected chi connectivity index (χ0v) is 8.98. The zero-order chi connectivity index (χ0) is 11.5. The van der Waals surface area contributed by atoms with Gasteiger partial charge in [-0.15, -0.1) is 0 Å². The molecular weight excluding hydrogens is 194 g/mol. The molecule has 0 radical (unpaired) electrons. The van der Waals surface area contributed by atoms with Crippen LogP contribution in [0, 0.1) is 0 Å². The Balaban J connectivity index is 2.87. The number of pyridine rings is 1. The topological polar surface area (TPSA) is 56.3 Å². The van der Waals surface area contributed by atoms with Crippen LogP contribution in [-0.2, 0) is 4.74 Å². The Morgan fingerprint density at radius 1 is 1.40 bits per heavy atom. The second kappa shape index (κ2) is 4.21. The highest BCUT2D eigenvalue weighted by molar-refractivity contribution is 5.88. The lowest BCUT2D eigenvalue weighted by atomic mass is 10.2. The third-order valence-electron chi connectivity index (χ3n) is 1.50. The second-order valence-corrected chi connectivity index (χ2v) is 4.07. The monoisotopic (exact) mass is 207 g/mol. The Morgan fingerprint density at radius 3 is 2.60 bits per heavy atom. The van der Waals surface area contributed by atoms with Crippen LogP contribution in [0.15, 0.2) is 18.2 Å². The van der Waals surface area contributed by atoms with Crippen molar-refractivity contribution < 1.29 is 14.3 Å². The van der Waals surface area contributed by atoms with Crippen LogP contribution >= 0.6 is 0 Å². The van der Waals surface area contributed by atoms with Gasteiger partial charge < -0.3 is 4.74 Å². The van der Waals surface area contributed by atoms with E-state index < -0.39 is 11.6 Å². The van der Waals surface area contributed by atoms with E-state index in [1.54, 1.807) is 26.8 Å². The largest absolute Gasteiger partial charge is 0.455 e. The van der Waals surface area contributed by atoms with Crippen LogP contribution < -0.4 is 0 Å². The molecule has 0 N–H and O–H groups in total. The van der Waals surface area contributed by atoms with Crippen LogP contribution in [0.3, 0.4) is 0 Å². The number of carbonyl (C=O) groups excluding carboxylic acids is 2. The molecule has 0 unspecified atom stereocenters. The minimum Gasteiger partial charge on any atom is -0.455 e. The number of esters is 1. The first-order chi connectivity index (χ1) is 6.92. The molecule has 0 atom stereocenters. The van der Waals surface area contributed by atoms with Gasteiger partial charge in [0.05, 0.1) is 0 Å². The molecule has 0 aliphatic rings. The van der Waals surface area contributed by atoms with Crippen molar-refractivity contribution in [3.63, 3.8) is 0 Å². The summed E-state index contributed by atoms with van der Waals surface area (Å²) in [6, 6.07) is 4.64. The summed E-state index contributed by atoms with van der Waals surface area (Å²) >= 11 is 0. The summed E-state index contributed by atoms with van der Waals surface area (Å²) in [5.41, 5.74) is -0.191. The van der Waals surface area contributed by atoms with E-state index in [2.05, 4.69) is 4.98 Å². The van der Waals surface area contributed by atoms with Crippen molar-refractivity contribution in [1.82, 2.24) is 4.98 Å². The lowest BCUT2D eigenvalue weighted by Crippen LogP contribution is -2.24.